The molecule has 7 nitrogen and oxygen atoms in total. The molecule has 22 heavy (non-hydrogen) atoms. The number of aliphatic hydroxyl groups excluding tert-OH is 2. The standard InChI is InChI=1S/C8H11NO3.C6H5NO2.ClH/c1-5-8(12)7(4-11)6(3-10)2-9-5;8-6(9)5-2-1-3-7-4-5;/h2,10-12H,3-4H2,1H3;1-4H,(H,8,9);1H. The van der Waals surface area contributed by atoms with Crippen molar-refractivity contribution in [1.82, 2.24) is 9.97 Å². The monoisotopic (exact) mass is 328 g/mol. The predicted molar refractivity (Wildman–Crippen MR) is 80.9 cm³/mol. The number of carbonyl (C=O) groups is 1. The molecule has 0 fully saturated rings. The summed E-state index contributed by atoms with van der Waals surface area (Å²) in [5, 5.41) is 35.4. The second kappa shape index (κ2) is 9.67. The molecule has 0 unspecified atom stereocenters. The Morgan fingerprint density at radius 3 is 2.32 bits per heavy atom. The first-order valence-corrected chi connectivity index (χ1v) is 6.02. The van der Waals surface area contributed by atoms with Crippen molar-refractivity contribution in [3.63, 3.8) is 0 Å². The van der Waals surface area contributed by atoms with Gasteiger partial charge < -0.3 is 20.4 Å². The normalized spacial score (nSPS) is 9.23. The van der Waals surface area contributed by atoms with Crippen LogP contribution in [0, 0.1) is 6.92 Å². The molecule has 0 aliphatic rings. The number of aromatic carboxylic acids is 1. The Labute approximate surface area is 133 Å². The van der Waals surface area contributed by atoms with Gasteiger partial charge in [-0.15, -0.1) is 12.4 Å². The minimum absolute atomic E-state index is 0. The number of aromatic hydroxyl groups is 1. The van der Waals surface area contributed by atoms with E-state index in [1.807, 2.05) is 0 Å². The zero-order chi connectivity index (χ0) is 15.8. The molecule has 0 saturated heterocycles. The first-order chi connectivity index (χ1) is 10.0. The van der Waals surface area contributed by atoms with Gasteiger partial charge in [0.2, 0.25) is 0 Å². The summed E-state index contributed by atoms with van der Waals surface area (Å²) in [5.41, 5.74) is 1.49. The van der Waals surface area contributed by atoms with Crippen LogP contribution < -0.4 is 0 Å². The zero-order valence-electron chi connectivity index (χ0n) is 11.8. The van der Waals surface area contributed by atoms with Crippen LogP contribution in [0.2, 0.25) is 0 Å². The minimum Gasteiger partial charge on any atom is -0.506 e. The van der Waals surface area contributed by atoms with E-state index in [1.54, 1.807) is 13.0 Å². The van der Waals surface area contributed by atoms with E-state index in [4.69, 9.17) is 15.3 Å². The Morgan fingerprint density at radius 2 is 1.91 bits per heavy atom. The molecule has 8 heteroatoms. The Hall–Kier alpha value is -2.22. The third-order valence-corrected chi connectivity index (χ3v) is 2.67. The number of pyridine rings is 2. The maximum atomic E-state index is 10.2. The van der Waals surface area contributed by atoms with E-state index in [0.717, 1.165) is 0 Å². The lowest BCUT2D eigenvalue weighted by atomic mass is 10.1. The van der Waals surface area contributed by atoms with Crippen LogP contribution in [0.15, 0.2) is 30.7 Å². The number of hydrogen-bond acceptors (Lipinski definition) is 6. The molecule has 0 atom stereocenters. The van der Waals surface area contributed by atoms with Crippen molar-refractivity contribution in [1.29, 1.82) is 0 Å². The molecule has 0 aliphatic heterocycles. The van der Waals surface area contributed by atoms with Gasteiger partial charge in [0.05, 0.1) is 24.5 Å². The second-order valence-electron chi connectivity index (χ2n) is 4.06. The van der Waals surface area contributed by atoms with Crippen LogP contribution in [0.25, 0.3) is 0 Å². The maximum Gasteiger partial charge on any atom is 0.337 e. The summed E-state index contributed by atoms with van der Waals surface area (Å²) in [7, 11) is 0. The molecule has 2 aromatic heterocycles. The zero-order valence-corrected chi connectivity index (χ0v) is 12.6. The van der Waals surface area contributed by atoms with Crippen molar-refractivity contribution in [2.24, 2.45) is 0 Å². The molecule has 0 spiro atoms. The number of rotatable bonds is 3. The van der Waals surface area contributed by atoms with Gasteiger partial charge in [-0.25, -0.2) is 4.79 Å². The molecule has 0 bridgehead atoms. The highest BCUT2D eigenvalue weighted by Gasteiger charge is 2.09. The SMILES string of the molecule is Cc1ncc(CO)c(CO)c1O.Cl.O=C(O)c1cccnc1. The van der Waals surface area contributed by atoms with Crippen LogP contribution in [0.4, 0.5) is 0 Å². The van der Waals surface area contributed by atoms with Gasteiger partial charge in [-0.05, 0) is 19.1 Å². The maximum absolute atomic E-state index is 10.2. The number of aromatic nitrogens is 2. The van der Waals surface area contributed by atoms with Crippen molar-refractivity contribution in [3.8, 4) is 5.75 Å². The molecule has 0 radical (unpaired) electrons. The third-order valence-electron chi connectivity index (χ3n) is 2.67. The first-order valence-electron chi connectivity index (χ1n) is 6.02. The van der Waals surface area contributed by atoms with E-state index in [1.165, 1.54) is 24.7 Å². The highest BCUT2D eigenvalue weighted by Crippen LogP contribution is 2.23. The fourth-order valence-electron chi connectivity index (χ4n) is 1.49. The van der Waals surface area contributed by atoms with Crippen LogP contribution in [-0.2, 0) is 13.2 Å². The molecule has 2 aromatic rings. The Kier molecular flexibility index (Phi) is 8.69. The van der Waals surface area contributed by atoms with Crippen LogP contribution in [0.1, 0.15) is 27.2 Å². The van der Waals surface area contributed by atoms with E-state index >= 15 is 0 Å². The van der Waals surface area contributed by atoms with Gasteiger partial charge >= 0.3 is 5.97 Å². The summed E-state index contributed by atoms with van der Waals surface area (Å²) in [6.07, 6.45) is 4.29. The molecule has 2 heterocycles. The largest absolute Gasteiger partial charge is 0.506 e. The molecule has 0 saturated carbocycles. The Bertz CT molecular complexity index is 608. The average Bonchev–Trinajstić information content (AvgIpc) is 2.51. The van der Waals surface area contributed by atoms with Gasteiger partial charge in [0.15, 0.2) is 0 Å². The molecule has 0 amide bonds. The lowest BCUT2D eigenvalue weighted by molar-refractivity contribution is 0.0696. The number of carboxylic acid groups (broad SMARTS) is 1. The first kappa shape index (κ1) is 19.8. The average molecular weight is 329 g/mol. The van der Waals surface area contributed by atoms with E-state index in [2.05, 4.69) is 9.97 Å². The van der Waals surface area contributed by atoms with Gasteiger partial charge in [0, 0.05) is 29.7 Å². The van der Waals surface area contributed by atoms with Gasteiger partial charge in [-0.1, -0.05) is 0 Å². The predicted octanol–water partition coefficient (Wildman–Crippen LogP) is 1.28. The van der Waals surface area contributed by atoms with Crippen LogP contribution in [-0.4, -0.2) is 36.4 Å². The second-order valence-corrected chi connectivity index (χ2v) is 4.06. The molecule has 4 N–H and O–H groups in total. The highest BCUT2D eigenvalue weighted by atomic mass is 35.5. The van der Waals surface area contributed by atoms with E-state index in [9.17, 15) is 9.90 Å². The van der Waals surface area contributed by atoms with Gasteiger partial charge in [-0.3, -0.25) is 9.97 Å². The van der Waals surface area contributed by atoms with Crippen molar-refractivity contribution < 1.29 is 25.2 Å². The lowest BCUT2D eigenvalue weighted by Crippen LogP contribution is -1.98. The number of aliphatic hydroxyl groups is 2. The van der Waals surface area contributed by atoms with E-state index < -0.39 is 5.97 Å². The number of hydrogen-bond donors (Lipinski definition) is 4. The van der Waals surface area contributed by atoms with Crippen molar-refractivity contribution >= 4 is 18.4 Å². The van der Waals surface area contributed by atoms with Crippen LogP contribution in [0.3, 0.4) is 0 Å². The Balaban J connectivity index is 0.000000397. The van der Waals surface area contributed by atoms with Crippen LogP contribution >= 0.6 is 12.4 Å². The summed E-state index contributed by atoms with van der Waals surface area (Å²) in [5.74, 6) is -0.979. The summed E-state index contributed by atoms with van der Waals surface area (Å²) < 4.78 is 0. The highest BCUT2D eigenvalue weighted by molar-refractivity contribution is 5.86. The van der Waals surface area contributed by atoms with Gasteiger partial charge in [0.1, 0.15) is 5.75 Å². The molecule has 120 valence electrons. The van der Waals surface area contributed by atoms with Crippen molar-refractivity contribution in [2.45, 2.75) is 20.1 Å². The topological polar surface area (TPSA) is 124 Å². The van der Waals surface area contributed by atoms with E-state index in [0.29, 0.717) is 16.8 Å². The van der Waals surface area contributed by atoms with Gasteiger partial charge in [-0.2, -0.15) is 0 Å². The fourth-order valence-corrected chi connectivity index (χ4v) is 1.49. The Morgan fingerprint density at radius 1 is 1.23 bits per heavy atom. The molecule has 2 rings (SSSR count). The summed E-state index contributed by atoms with van der Waals surface area (Å²) in [4.78, 5) is 17.6. The summed E-state index contributed by atoms with van der Waals surface area (Å²) >= 11 is 0. The number of halogens is 1. The number of nitrogens with zero attached hydrogens (tertiary/aromatic N) is 2. The molecule has 0 aromatic carbocycles. The van der Waals surface area contributed by atoms with E-state index in [-0.39, 0.29) is 36.9 Å². The van der Waals surface area contributed by atoms with Crippen molar-refractivity contribution in [2.75, 3.05) is 0 Å². The van der Waals surface area contributed by atoms with Crippen LogP contribution in [0.5, 0.6) is 5.75 Å². The number of carboxylic acids is 1. The summed E-state index contributed by atoms with van der Waals surface area (Å²) in [6, 6.07) is 3.08. The van der Waals surface area contributed by atoms with Gasteiger partial charge in [0.25, 0.3) is 0 Å². The fraction of sp³-hybridized carbons (Fsp3) is 0.214. The molecule has 0 aliphatic carbocycles. The molecular formula is C14H17ClN2O5. The lowest BCUT2D eigenvalue weighted by Gasteiger charge is -2.07. The molecular weight excluding hydrogens is 312 g/mol. The smallest absolute Gasteiger partial charge is 0.337 e. The number of aryl methyl sites for hydroxylation is 1. The van der Waals surface area contributed by atoms with Crippen molar-refractivity contribution in [3.05, 3.63) is 53.1 Å². The third kappa shape index (κ3) is 5.28. The minimum atomic E-state index is -0.942. The quantitative estimate of drug-likeness (QED) is 0.669. The summed E-state index contributed by atoms with van der Waals surface area (Å²) in [6.45, 7) is 1.12.